The van der Waals surface area contributed by atoms with Crippen LogP contribution in [0.5, 0.6) is 0 Å². The average Bonchev–Trinajstić information content (AvgIpc) is 2.80. The van der Waals surface area contributed by atoms with E-state index < -0.39 is 0 Å². The molecule has 4 rings (SSSR count). The maximum Gasteiger partial charge on any atom is 0.236 e. The topological polar surface area (TPSA) is 20.3 Å². The maximum absolute atomic E-state index is 12.2. The lowest BCUT2D eigenvalue weighted by molar-refractivity contribution is 0.105. The number of carbonyl (C=O) groups is 1. The van der Waals surface area contributed by atoms with E-state index in [1.54, 1.807) is 12.1 Å². The Kier molecular flexibility index (Phi) is 5.50. The highest BCUT2D eigenvalue weighted by Crippen LogP contribution is 2.33. The van der Waals surface area contributed by atoms with Crippen molar-refractivity contribution in [3.8, 4) is 11.8 Å². The third-order valence-corrected chi connectivity index (χ3v) is 4.51. The molecule has 0 heterocycles. The molecular weight excluding hydrogens is 354 g/mol. The van der Waals surface area contributed by atoms with Gasteiger partial charge >= 0.3 is 0 Å². The Balaban J connectivity index is 1.62. The second kappa shape index (κ2) is 8.73. The van der Waals surface area contributed by atoms with Crippen molar-refractivity contribution < 1.29 is 4.79 Å². The minimum atomic E-state index is -0.176. The number of ketones is 1. The zero-order valence-electron chi connectivity index (χ0n) is 15.8. The van der Waals surface area contributed by atoms with E-state index >= 15 is 0 Å². The van der Waals surface area contributed by atoms with Gasteiger partial charge in [-0.2, -0.15) is 0 Å². The van der Waals surface area contributed by atoms with Crippen LogP contribution in [0, 0.1) is 11.8 Å². The minimum Gasteiger partial charge on any atom is -0.311 e. The molecule has 0 fully saturated rings. The molecule has 0 atom stereocenters. The lowest BCUT2D eigenvalue weighted by Crippen LogP contribution is -2.09. The number of anilines is 3. The smallest absolute Gasteiger partial charge is 0.236 e. The first-order valence-electron chi connectivity index (χ1n) is 9.43. The fourth-order valence-corrected chi connectivity index (χ4v) is 3.09. The first-order valence-corrected chi connectivity index (χ1v) is 9.43. The van der Waals surface area contributed by atoms with E-state index in [2.05, 4.69) is 41.0 Å². The number of Topliss-reactive ketones (excluding diaryl/α,β-unsaturated/α-hetero) is 1. The molecule has 0 amide bonds. The fraction of sp³-hybridized carbons (Fsp3) is 0. The Labute approximate surface area is 171 Å². The molecule has 0 saturated carbocycles. The molecule has 0 aliphatic heterocycles. The zero-order valence-corrected chi connectivity index (χ0v) is 15.8. The highest BCUT2D eigenvalue weighted by Gasteiger charge is 2.11. The Bertz CT molecular complexity index is 1100. The van der Waals surface area contributed by atoms with E-state index in [0.29, 0.717) is 5.56 Å². The molecule has 4 aromatic rings. The van der Waals surface area contributed by atoms with Crippen LogP contribution in [0.1, 0.15) is 15.9 Å². The van der Waals surface area contributed by atoms with Crippen LogP contribution in [0.25, 0.3) is 0 Å². The third kappa shape index (κ3) is 4.43. The Morgan fingerprint density at radius 2 is 1.00 bits per heavy atom. The van der Waals surface area contributed by atoms with Gasteiger partial charge in [-0.1, -0.05) is 72.7 Å². The summed E-state index contributed by atoms with van der Waals surface area (Å²) in [6.07, 6.45) is 0. The van der Waals surface area contributed by atoms with Gasteiger partial charge in [0, 0.05) is 28.2 Å². The monoisotopic (exact) mass is 373 g/mol. The maximum atomic E-state index is 12.2. The summed E-state index contributed by atoms with van der Waals surface area (Å²) in [7, 11) is 0. The molecule has 0 aromatic heterocycles. The first-order chi connectivity index (χ1) is 14.3. The molecular formula is C27H19NO. The summed E-state index contributed by atoms with van der Waals surface area (Å²) < 4.78 is 0. The molecule has 0 unspecified atom stereocenters. The number of hydrogen-bond donors (Lipinski definition) is 0. The summed E-state index contributed by atoms with van der Waals surface area (Å²) in [5.74, 6) is 5.52. The van der Waals surface area contributed by atoms with Crippen LogP contribution in [-0.2, 0) is 0 Å². The zero-order chi connectivity index (χ0) is 19.9. The lowest BCUT2D eigenvalue weighted by atomic mass is 10.1. The lowest BCUT2D eigenvalue weighted by Gasteiger charge is -2.25. The van der Waals surface area contributed by atoms with Crippen molar-refractivity contribution >= 4 is 22.8 Å². The highest BCUT2D eigenvalue weighted by molar-refractivity contribution is 6.09. The van der Waals surface area contributed by atoms with Crippen LogP contribution >= 0.6 is 0 Å². The molecule has 0 aliphatic carbocycles. The summed E-state index contributed by atoms with van der Waals surface area (Å²) in [5, 5.41) is 0. The number of rotatable bonds is 4. The molecule has 0 aliphatic rings. The van der Waals surface area contributed by atoms with Crippen molar-refractivity contribution in [3.05, 3.63) is 126 Å². The fourth-order valence-electron chi connectivity index (χ4n) is 3.09. The molecule has 2 nitrogen and oxygen atoms in total. The van der Waals surface area contributed by atoms with E-state index in [4.69, 9.17) is 0 Å². The third-order valence-electron chi connectivity index (χ3n) is 4.51. The molecule has 2 heteroatoms. The highest BCUT2D eigenvalue weighted by atomic mass is 16.1. The number of benzene rings is 4. The van der Waals surface area contributed by atoms with Crippen molar-refractivity contribution in [2.75, 3.05) is 4.90 Å². The summed E-state index contributed by atoms with van der Waals surface area (Å²) in [6, 6.07) is 37.5. The molecule has 0 bridgehead atoms. The van der Waals surface area contributed by atoms with Crippen LogP contribution in [0.15, 0.2) is 115 Å². The van der Waals surface area contributed by atoms with Gasteiger partial charge in [-0.25, -0.2) is 0 Å². The number of hydrogen-bond acceptors (Lipinski definition) is 2. The van der Waals surface area contributed by atoms with E-state index in [1.807, 2.05) is 78.9 Å². The number of carbonyl (C=O) groups excluding carboxylic acids is 1. The van der Waals surface area contributed by atoms with Gasteiger partial charge in [0.05, 0.1) is 0 Å². The van der Waals surface area contributed by atoms with Gasteiger partial charge < -0.3 is 4.90 Å². The van der Waals surface area contributed by atoms with Crippen LogP contribution in [-0.4, -0.2) is 5.78 Å². The Hall–Kier alpha value is -4.09. The van der Waals surface area contributed by atoms with Crippen LogP contribution in [0.4, 0.5) is 17.1 Å². The first kappa shape index (κ1) is 18.3. The van der Waals surface area contributed by atoms with Gasteiger partial charge in [0.2, 0.25) is 5.78 Å². The largest absolute Gasteiger partial charge is 0.311 e. The molecule has 138 valence electrons. The summed E-state index contributed by atoms with van der Waals surface area (Å²) in [6.45, 7) is 0. The van der Waals surface area contributed by atoms with E-state index in [0.717, 1.165) is 22.6 Å². The van der Waals surface area contributed by atoms with Crippen LogP contribution < -0.4 is 4.90 Å². The van der Waals surface area contributed by atoms with Crippen molar-refractivity contribution in [3.63, 3.8) is 0 Å². The number of para-hydroxylation sites is 2. The number of nitrogens with zero attached hydrogens (tertiary/aromatic N) is 1. The Morgan fingerprint density at radius 1 is 0.552 bits per heavy atom. The molecule has 0 radical (unpaired) electrons. The average molecular weight is 373 g/mol. The van der Waals surface area contributed by atoms with E-state index in [1.165, 1.54) is 0 Å². The molecule has 0 N–H and O–H groups in total. The van der Waals surface area contributed by atoms with Gasteiger partial charge in [-0.3, -0.25) is 4.79 Å². The predicted octanol–water partition coefficient (Wildman–Crippen LogP) is 6.39. The SMILES string of the molecule is O=C(C#Cc1ccc(N(c2ccccc2)c2ccccc2)cc1)c1ccccc1. The molecule has 0 spiro atoms. The predicted molar refractivity (Wildman–Crippen MR) is 119 cm³/mol. The second-order valence-electron chi connectivity index (χ2n) is 6.50. The van der Waals surface area contributed by atoms with Crippen molar-refractivity contribution in [2.24, 2.45) is 0 Å². The van der Waals surface area contributed by atoms with E-state index in [9.17, 15) is 4.79 Å². The standard InChI is InChI=1S/C27H19NO/c29-27(23-10-4-1-5-11-23)21-18-22-16-19-26(20-17-22)28(24-12-6-2-7-13-24)25-14-8-3-9-15-25/h1-17,19-20H. The van der Waals surface area contributed by atoms with Crippen LogP contribution in [0.3, 0.4) is 0 Å². The van der Waals surface area contributed by atoms with Crippen molar-refractivity contribution in [2.45, 2.75) is 0 Å². The van der Waals surface area contributed by atoms with Gasteiger partial charge in [-0.15, -0.1) is 0 Å². The minimum absolute atomic E-state index is 0.176. The quantitative estimate of drug-likeness (QED) is 0.305. The second-order valence-corrected chi connectivity index (χ2v) is 6.50. The molecule has 0 saturated heterocycles. The van der Waals surface area contributed by atoms with Gasteiger partial charge in [0.25, 0.3) is 0 Å². The summed E-state index contributed by atoms with van der Waals surface area (Å²) in [5.41, 5.74) is 4.60. The summed E-state index contributed by atoms with van der Waals surface area (Å²) in [4.78, 5) is 14.4. The normalized spacial score (nSPS) is 9.93. The van der Waals surface area contributed by atoms with Crippen molar-refractivity contribution in [1.29, 1.82) is 0 Å². The van der Waals surface area contributed by atoms with Gasteiger partial charge in [-0.05, 0) is 54.5 Å². The Morgan fingerprint density at radius 3 is 1.52 bits per heavy atom. The summed E-state index contributed by atoms with van der Waals surface area (Å²) >= 11 is 0. The van der Waals surface area contributed by atoms with Crippen molar-refractivity contribution in [1.82, 2.24) is 0 Å². The van der Waals surface area contributed by atoms with E-state index in [-0.39, 0.29) is 5.78 Å². The van der Waals surface area contributed by atoms with Gasteiger partial charge in [0.15, 0.2) is 0 Å². The molecule has 4 aromatic carbocycles. The molecule has 29 heavy (non-hydrogen) atoms. The van der Waals surface area contributed by atoms with Gasteiger partial charge in [0.1, 0.15) is 0 Å². The van der Waals surface area contributed by atoms with Crippen LogP contribution in [0.2, 0.25) is 0 Å².